The minimum atomic E-state index is -0.612. The van der Waals surface area contributed by atoms with Gasteiger partial charge < -0.3 is 9.47 Å². The molecule has 0 radical (unpaired) electrons. The standard InChI is InChI=1S/C20H34O4/c1-4-6-7-8-9-10-11-12-13-14-15-16-18(3)20(22)24-17-23-19(21)5-2/h5H,2-4,6-17H2,1H3. The van der Waals surface area contributed by atoms with Crippen molar-refractivity contribution < 1.29 is 19.1 Å². The molecule has 4 nitrogen and oxygen atoms in total. The Labute approximate surface area is 147 Å². The van der Waals surface area contributed by atoms with E-state index >= 15 is 0 Å². The van der Waals surface area contributed by atoms with E-state index in [-0.39, 0.29) is 6.79 Å². The highest BCUT2D eigenvalue weighted by molar-refractivity contribution is 5.87. The van der Waals surface area contributed by atoms with Crippen molar-refractivity contribution in [3.05, 3.63) is 24.8 Å². The van der Waals surface area contributed by atoms with Gasteiger partial charge in [-0.05, 0) is 12.8 Å². The van der Waals surface area contributed by atoms with Crippen LogP contribution in [0.25, 0.3) is 0 Å². The van der Waals surface area contributed by atoms with Crippen molar-refractivity contribution >= 4 is 11.9 Å². The summed E-state index contributed by atoms with van der Waals surface area (Å²) in [5, 5.41) is 0. The van der Waals surface area contributed by atoms with Crippen LogP contribution >= 0.6 is 0 Å². The van der Waals surface area contributed by atoms with E-state index in [1.165, 1.54) is 57.8 Å². The van der Waals surface area contributed by atoms with Gasteiger partial charge in [-0.25, -0.2) is 9.59 Å². The van der Waals surface area contributed by atoms with Gasteiger partial charge in [-0.15, -0.1) is 0 Å². The molecule has 138 valence electrons. The molecule has 0 aromatic carbocycles. The maximum absolute atomic E-state index is 11.6. The number of carbonyl (C=O) groups is 2. The first-order valence-corrected chi connectivity index (χ1v) is 9.25. The normalized spacial score (nSPS) is 10.2. The fourth-order valence-electron chi connectivity index (χ4n) is 2.41. The fraction of sp³-hybridized carbons (Fsp3) is 0.700. The first-order chi connectivity index (χ1) is 11.6. The molecule has 0 aromatic rings. The summed E-state index contributed by atoms with van der Waals surface area (Å²) in [6.45, 7) is 8.83. The molecular weight excluding hydrogens is 304 g/mol. The summed E-state index contributed by atoms with van der Waals surface area (Å²) in [4.78, 5) is 22.4. The molecule has 0 unspecified atom stereocenters. The second kappa shape index (κ2) is 16.3. The van der Waals surface area contributed by atoms with Crippen LogP contribution in [0, 0.1) is 0 Å². The smallest absolute Gasteiger partial charge is 0.336 e. The average molecular weight is 338 g/mol. The third-order valence-electron chi connectivity index (χ3n) is 3.93. The van der Waals surface area contributed by atoms with E-state index in [2.05, 4.69) is 24.8 Å². The highest BCUT2D eigenvalue weighted by Gasteiger charge is 2.08. The lowest BCUT2D eigenvalue weighted by Crippen LogP contribution is -2.12. The van der Waals surface area contributed by atoms with Crippen LogP contribution in [-0.4, -0.2) is 18.7 Å². The van der Waals surface area contributed by atoms with E-state index < -0.39 is 11.9 Å². The van der Waals surface area contributed by atoms with Gasteiger partial charge in [0.25, 0.3) is 0 Å². The fourth-order valence-corrected chi connectivity index (χ4v) is 2.41. The van der Waals surface area contributed by atoms with Crippen LogP contribution in [-0.2, 0) is 19.1 Å². The molecule has 0 saturated carbocycles. The van der Waals surface area contributed by atoms with E-state index in [0.717, 1.165) is 18.9 Å². The Hall–Kier alpha value is -1.58. The number of rotatable bonds is 16. The quantitative estimate of drug-likeness (QED) is 0.162. The highest BCUT2D eigenvalue weighted by Crippen LogP contribution is 2.14. The molecule has 0 aliphatic rings. The SMILES string of the molecule is C=CC(=O)OCOC(=O)C(=C)CCCCCCCCCCCCC. The van der Waals surface area contributed by atoms with E-state index in [4.69, 9.17) is 4.74 Å². The van der Waals surface area contributed by atoms with Crippen LogP contribution < -0.4 is 0 Å². The van der Waals surface area contributed by atoms with Gasteiger partial charge in [0, 0.05) is 11.6 Å². The van der Waals surface area contributed by atoms with Gasteiger partial charge in [0.05, 0.1) is 0 Å². The molecule has 0 spiro atoms. The van der Waals surface area contributed by atoms with Gasteiger partial charge in [0.1, 0.15) is 0 Å². The summed E-state index contributed by atoms with van der Waals surface area (Å²) >= 11 is 0. The van der Waals surface area contributed by atoms with Gasteiger partial charge in [0.2, 0.25) is 6.79 Å². The van der Waals surface area contributed by atoms with Crippen molar-refractivity contribution in [3.8, 4) is 0 Å². The van der Waals surface area contributed by atoms with Crippen molar-refractivity contribution in [2.45, 2.75) is 84.0 Å². The molecule has 0 heterocycles. The van der Waals surface area contributed by atoms with Gasteiger partial charge in [0.15, 0.2) is 0 Å². The summed E-state index contributed by atoms with van der Waals surface area (Å²) in [7, 11) is 0. The Morgan fingerprint density at radius 2 is 1.33 bits per heavy atom. The maximum Gasteiger partial charge on any atom is 0.336 e. The van der Waals surface area contributed by atoms with Crippen LogP contribution in [0.4, 0.5) is 0 Å². The maximum atomic E-state index is 11.6. The first-order valence-electron chi connectivity index (χ1n) is 9.25. The van der Waals surface area contributed by atoms with Crippen molar-refractivity contribution in [1.82, 2.24) is 0 Å². The third-order valence-corrected chi connectivity index (χ3v) is 3.93. The second-order valence-corrected chi connectivity index (χ2v) is 6.11. The Balaban J connectivity index is 3.40. The number of hydrogen-bond acceptors (Lipinski definition) is 4. The van der Waals surface area contributed by atoms with Crippen molar-refractivity contribution in [1.29, 1.82) is 0 Å². The number of carbonyl (C=O) groups excluding carboxylic acids is 2. The van der Waals surface area contributed by atoms with Gasteiger partial charge in [-0.1, -0.05) is 84.3 Å². The summed E-state index contributed by atoms with van der Waals surface area (Å²) in [5.41, 5.74) is 0.431. The molecule has 0 atom stereocenters. The average Bonchev–Trinajstić information content (AvgIpc) is 2.59. The molecule has 0 amide bonds. The van der Waals surface area contributed by atoms with Gasteiger partial charge in [-0.3, -0.25) is 0 Å². The van der Waals surface area contributed by atoms with Gasteiger partial charge >= 0.3 is 11.9 Å². The largest absolute Gasteiger partial charge is 0.425 e. The molecule has 0 bridgehead atoms. The Morgan fingerprint density at radius 1 is 0.833 bits per heavy atom. The molecule has 24 heavy (non-hydrogen) atoms. The summed E-state index contributed by atoms with van der Waals surface area (Å²) in [6, 6.07) is 0. The summed E-state index contributed by atoms with van der Waals surface area (Å²) in [6.07, 6.45) is 15.6. The number of unbranched alkanes of at least 4 members (excludes halogenated alkanes) is 10. The summed E-state index contributed by atoms with van der Waals surface area (Å²) < 4.78 is 9.38. The topological polar surface area (TPSA) is 52.6 Å². The van der Waals surface area contributed by atoms with Gasteiger partial charge in [-0.2, -0.15) is 0 Å². The monoisotopic (exact) mass is 338 g/mol. The second-order valence-electron chi connectivity index (χ2n) is 6.11. The predicted molar refractivity (Wildman–Crippen MR) is 97.5 cm³/mol. The first kappa shape index (κ1) is 22.4. The molecule has 0 N–H and O–H groups in total. The predicted octanol–water partition coefficient (Wildman–Crippen LogP) is 5.47. The molecule has 0 saturated heterocycles. The van der Waals surface area contributed by atoms with Crippen LogP contribution in [0.15, 0.2) is 24.8 Å². The zero-order chi connectivity index (χ0) is 18.0. The number of esters is 2. The van der Waals surface area contributed by atoms with Crippen LogP contribution in [0.2, 0.25) is 0 Å². The van der Waals surface area contributed by atoms with E-state index in [9.17, 15) is 9.59 Å². The number of hydrogen-bond donors (Lipinski definition) is 0. The lowest BCUT2D eigenvalue weighted by molar-refractivity contribution is -0.161. The molecule has 0 fully saturated rings. The Morgan fingerprint density at radius 3 is 1.83 bits per heavy atom. The van der Waals surface area contributed by atoms with Crippen molar-refractivity contribution in [3.63, 3.8) is 0 Å². The molecule has 0 aliphatic heterocycles. The molecule has 0 rings (SSSR count). The van der Waals surface area contributed by atoms with Crippen molar-refractivity contribution in [2.75, 3.05) is 6.79 Å². The lowest BCUT2D eigenvalue weighted by Gasteiger charge is -2.07. The van der Waals surface area contributed by atoms with Crippen LogP contribution in [0.5, 0.6) is 0 Å². The van der Waals surface area contributed by atoms with Crippen LogP contribution in [0.3, 0.4) is 0 Å². The minimum Gasteiger partial charge on any atom is -0.425 e. The highest BCUT2D eigenvalue weighted by atomic mass is 16.7. The van der Waals surface area contributed by atoms with E-state index in [0.29, 0.717) is 12.0 Å². The Kier molecular flexibility index (Phi) is 15.2. The molecular formula is C20H34O4. The van der Waals surface area contributed by atoms with E-state index in [1.54, 1.807) is 0 Å². The summed E-state index contributed by atoms with van der Waals surface area (Å²) in [5.74, 6) is -1.11. The molecule has 4 heteroatoms. The zero-order valence-electron chi connectivity index (χ0n) is 15.3. The third kappa shape index (κ3) is 14.0. The lowest BCUT2D eigenvalue weighted by atomic mass is 10.0. The minimum absolute atomic E-state index is 0.388. The van der Waals surface area contributed by atoms with Crippen LogP contribution in [0.1, 0.15) is 84.0 Å². The zero-order valence-corrected chi connectivity index (χ0v) is 15.3. The number of ether oxygens (including phenoxy) is 2. The van der Waals surface area contributed by atoms with E-state index in [1.807, 2.05) is 0 Å². The Bertz CT molecular complexity index is 374. The van der Waals surface area contributed by atoms with Crippen molar-refractivity contribution in [2.24, 2.45) is 0 Å². The molecule has 0 aliphatic carbocycles. The molecule has 0 aromatic heterocycles.